The van der Waals surface area contributed by atoms with Gasteiger partial charge in [-0.15, -0.1) is 0 Å². The molecule has 0 amide bonds. The van der Waals surface area contributed by atoms with Crippen molar-refractivity contribution in [1.29, 1.82) is 0 Å². The van der Waals surface area contributed by atoms with Gasteiger partial charge in [0.2, 0.25) is 10.0 Å². The van der Waals surface area contributed by atoms with Crippen LogP contribution >= 0.6 is 0 Å². The SMILES string of the molecule is CC(C)NCCCS(=O)(=O)N1CC(O)C(O)C1. The van der Waals surface area contributed by atoms with Gasteiger partial charge in [0.25, 0.3) is 0 Å². The van der Waals surface area contributed by atoms with Crippen molar-refractivity contribution in [3.05, 3.63) is 0 Å². The molecule has 0 aromatic rings. The van der Waals surface area contributed by atoms with Gasteiger partial charge in [-0.05, 0) is 13.0 Å². The molecule has 102 valence electrons. The first-order valence-electron chi connectivity index (χ1n) is 5.90. The Bertz CT molecular complexity index is 321. The van der Waals surface area contributed by atoms with E-state index in [1.54, 1.807) is 0 Å². The maximum atomic E-state index is 11.8. The third-order valence-electron chi connectivity index (χ3n) is 2.75. The topological polar surface area (TPSA) is 89.9 Å². The number of hydrogen-bond acceptors (Lipinski definition) is 5. The first-order chi connectivity index (χ1) is 7.83. The third kappa shape index (κ3) is 4.51. The van der Waals surface area contributed by atoms with Gasteiger partial charge >= 0.3 is 0 Å². The Balaban J connectivity index is 2.36. The molecule has 0 bridgehead atoms. The fourth-order valence-electron chi connectivity index (χ4n) is 1.74. The highest BCUT2D eigenvalue weighted by atomic mass is 32.2. The molecule has 0 spiro atoms. The molecule has 0 aromatic carbocycles. The van der Waals surface area contributed by atoms with Crippen LogP contribution in [0.5, 0.6) is 0 Å². The van der Waals surface area contributed by atoms with Crippen molar-refractivity contribution in [2.75, 3.05) is 25.4 Å². The van der Waals surface area contributed by atoms with E-state index in [0.717, 1.165) is 4.31 Å². The van der Waals surface area contributed by atoms with E-state index < -0.39 is 22.2 Å². The second kappa shape index (κ2) is 6.10. The van der Waals surface area contributed by atoms with Gasteiger partial charge in [0, 0.05) is 19.1 Å². The Hall–Kier alpha value is -0.210. The highest BCUT2D eigenvalue weighted by Crippen LogP contribution is 2.15. The van der Waals surface area contributed by atoms with Crippen molar-refractivity contribution in [3.63, 3.8) is 0 Å². The molecule has 0 saturated carbocycles. The van der Waals surface area contributed by atoms with Crippen LogP contribution in [0.25, 0.3) is 0 Å². The molecule has 0 radical (unpaired) electrons. The Morgan fingerprint density at radius 1 is 1.29 bits per heavy atom. The van der Waals surface area contributed by atoms with Gasteiger partial charge in [-0.2, -0.15) is 4.31 Å². The van der Waals surface area contributed by atoms with Crippen LogP contribution in [0.2, 0.25) is 0 Å². The van der Waals surface area contributed by atoms with Crippen molar-refractivity contribution in [1.82, 2.24) is 9.62 Å². The molecular weight excluding hydrogens is 244 g/mol. The van der Waals surface area contributed by atoms with Gasteiger partial charge in [-0.3, -0.25) is 0 Å². The van der Waals surface area contributed by atoms with Gasteiger partial charge in [-0.25, -0.2) is 8.42 Å². The van der Waals surface area contributed by atoms with Crippen LogP contribution in [0.15, 0.2) is 0 Å². The average molecular weight is 266 g/mol. The van der Waals surface area contributed by atoms with Crippen molar-refractivity contribution < 1.29 is 18.6 Å². The summed E-state index contributed by atoms with van der Waals surface area (Å²) in [5, 5.41) is 21.8. The van der Waals surface area contributed by atoms with E-state index >= 15 is 0 Å². The molecule has 2 unspecified atom stereocenters. The summed E-state index contributed by atoms with van der Waals surface area (Å²) in [4.78, 5) is 0. The summed E-state index contributed by atoms with van der Waals surface area (Å²) in [5.74, 6) is 0.0478. The van der Waals surface area contributed by atoms with Crippen molar-refractivity contribution in [2.24, 2.45) is 0 Å². The maximum absolute atomic E-state index is 11.8. The van der Waals surface area contributed by atoms with Crippen LogP contribution in [0.1, 0.15) is 20.3 Å². The van der Waals surface area contributed by atoms with Gasteiger partial charge < -0.3 is 15.5 Å². The third-order valence-corrected chi connectivity index (χ3v) is 4.64. The first kappa shape index (κ1) is 14.8. The van der Waals surface area contributed by atoms with Gasteiger partial charge in [0.1, 0.15) is 0 Å². The van der Waals surface area contributed by atoms with Crippen molar-refractivity contribution in [3.8, 4) is 0 Å². The zero-order valence-electron chi connectivity index (χ0n) is 10.3. The largest absolute Gasteiger partial charge is 0.389 e. The molecule has 1 aliphatic heterocycles. The molecule has 2 atom stereocenters. The lowest BCUT2D eigenvalue weighted by Gasteiger charge is -2.15. The highest BCUT2D eigenvalue weighted by molar-refractivity contribution is 7.89. The quantitative estimate of drug-likeness (QED) is 0.522. The number of aliphatic hydroxyl groups excluding tert-OH is 2. The van der Waals surface area contributed by atoms with E-state index in [9.17, 15) is 18.6 Å². The number of nitrogens with one attached hydrogen (secondary N) is 1. The van der Waals surface area contributed by atoms with Crippen LogP contribution in [0, 0.1) is 0 Å². The Morgan fingerprint density at radius 2 is 1.82 bits per heavy atom. The minimum absolute atomic E-state index is 0.00110. The highest BCUT2D eigenvalue weighted by Gasteiger charge is 2.36. The molecule has 1 saturated heterocycles. The summed E-state index contributed by atoms with van der Waals surface area (Å²) in [7, 11) is -3.35. The first-order valence-corrected chi connectivity index (χ1v) is 7.51. The second-order valence-corrected chi connectivity index (χ2v) is 6.82. The van der Waals surface area contributed by atoms with E-state index in [2.05, 4.69) is 5.32 Å². The lowest BCUT2D eigenvalue weighted by atomic mass is 10.3. The number of aliphatic hydroxyl groups is 2. The van der Waals surface area contributed by atoms with E-state index in [4.69, 9.17) is 0 Å². The van der Waals surface area contributed by atoms with Crippen LogP contribution in [-0.4, -0.2) is 66.6 Å². The number of sulfonamides is 1. The summed E-state index contributed by atoms with van der Waals surface area (Å²) in [5.41, 5.74) is 0. The predicted octanol–water partition coefficient (Wildman–Crippen LogP) is -1.26. The van der Waals surface area contributed by atoms with E-state index in [0.29, 0.717) is 19.0 Å². The fourth-order valence-corrected chi connectivity index (χ4v) is 3.26. The van der Waals surface area contributed by atoms with Crippen LogP contribution in [0.4, 0.5) is 0 Å². The normalized spacial score (nSPS) is 26.9. The monoisotopic (exact) mass is 266 g/mol. The summed E-state index contributed by atoms with van der Waals surface area (Å²) in [6.07, 6.45) is -1.39. The number of nitrogens with zero attached hydrogens (tertiary/aromatic N) is 1. The number of rotatable bonds is 6. The van der Waals surface area contributed by atoms with Crippen LogP contribution < -0.4 is 5.32 Å². The summed E-state index contributed by atoms with van der Waals surface area (Å²) < 4.78 is 24.9. The van der Waals surface area contributed by atoms with Gasteiger partial charge in [-0.1, -0.05) is 13.8 Å². The summed E-state index contributed by atoms with van der Waals surface area (Å²) in [6.45, 7) is 4.65. The van der Waals surface area contributed by atoms with E-state index in [-0.39, 0.29) is 18.8 Å². The Labute approximate surface area is 103 Å². The minimum atomic E-state index is -3.35. The average Bonchev–Trinajstić information content (AvgIpc) is 2.55. The summed E-state index contributed by atoms with van der Waals surface area (Å²) in [6, 6.07) is 0.341. The van der Waals surface area contributed by atoms with E-state index in [1.165, 1.54) is 0 Å². The van der Waals surface area contributed by atoms with Gasteiger partial charge in [0.05, 0.1) is 18.0 Å². The minimum Gasteiger partial charge on any atom is -0.389 e. The zero-order valence-corrected chi connectivity index (χ0v) is 11.2. The smallest absolute Gasteiger partial charge is 0.214 e. The predicted molar refractivity (Wildman–Crippen MR) is 65.1 cm³/mol. The molecule has 0 aromatic heterocycles. The van der Waals surface area contributed by atoms with Crippen LogP contribution in [0.3, 0.4) is 0 Å². The molecular formula is C10H22N2O4S. The molecule has 1 heterocycles. The molecule has 7 heteroatoms. The van der Waals surface area contributed by atoms with E-state index in [1.807, 2.05) is 13.8 Å². The molecule has 3 N–H and O–H groups in total. The lowest BCUT2D eigenvalue weighted by molar-refractivity contribution is 0.0572. The Kier molecular flexibility index (Phi) is 5.33. The standard InChI is InChI=1S/C10H22N2O4S/c1-8(2)11-4-3-5-17(15,16)12-6-9(13)10(14)7-12/h8-11,13-14H,3-7H2,1-2H3. The molecule has 6 nitrogen and oxygen atoms in total. The molecule has 1 aliphatic rings. The summed E-state index contributed by atoms with van der Waals surface area (Å²) >= 11 is 0. The van der Waals surface area contributed by atoms with Gasteiger partial charge in [0.15, 0.2) is 0 Å². The molecule has 1 fully saturated rings. The lowest BCUT2D eigenvalue weighted by Crippen LogP contribution is -2.33. The molecule has 17 heavy (non-hydrogen) atoms. The zero-order chi connectivity index (χ0) is 13.1. The van der Waals surface area contributed by atoms with Crippen molar-refractivity contribution in [2.45, 2.75) is 38.5 Å². The number of β-amino-alcohol motifs (C(OH)–C–C–N with tert-alkyl or cyclic N) is 2. The molecule has 0 aliphatic carbocycles. The fraction of sp³-hybridized carbons (Fsp3) is 1.00. The maximum Gasteiger partial charge on any atom is 0.214 e. The molecule has 1 rings (SSSR count). The Morgan fingerprint density at radius 3 is 2.29 bits per heavy atom. The van der Waals surface area contributed by atoms with Crippen LogP contribution in [-0.2, 0) is 10.0 Å². The number of hydrogen-bond donors (Lipinski definition) is 3. The second-order valence-electron chi connectivity index (χ2n) is 4.73. The van der Waals surface area contributed by atoms with Crippen molar-refractivity contribution >= 4 is 10.0 Å².